The fourth-order valence-corrected chi connectivity index (χ4v) is 3.30. The van der Waals surface area contributed by atoms with Crippen LogP contribution in [0.25, 0.3) is 0 Å². The summed E-state index contributed by atoms with van der Waals surface area (Å²) in [6.45, 7) is 2.00. The molecule has 3 rings (SSSR count). The lowest BCUT2D eigenvalue weighted by Gasteiger charge is -2.35. The lowest BCUT2D eigenvalue weighted by atomic mass is 9.96. The second-order valence-corrected chi connectivity index (χ2v) is 6.41. The number of anilines is 1. The van der Waals surface area contributed by atoms with Crippen LogP contribution in [-0.4, -0.2) is 32.5 Å². The average molecular weight is 350 g/mol. The zero-order valence-electron chi connectivity index (χ0n) is 12.6. The largest absolute Gasteiger partial charge is 0.391 e. The van der Waals surface area contributed by atoms with E-state index in [2.05, 4.69) is 0 Å². The van der Waals surface area contributed by atoms with Crippen LogP contribution in [0, 0.1) is 5.92 Å². The van der Waals surface area contributed by atoms with Crippen molar-refractivity contribution < 1.29 is 22.6 Å². The molecule has 0 spiro atoms. The van der Waals surface area contributed by atoms with E-state index < -0.39 is 18.4 Å². The van der Waals surface area contributed by atoms with E-state index in [0.29, 0.717) is 31.3 Å². The molecule has 0 saturated carbocycles. The SMILES string of the molecule is FC(F)(F)C1CCN(c2cc(Cl)cc(C3OCCCO3)c2)CC1. The summed E-state index contributed by atoms with van der Waals surface area (Å²) >= 11 is 6.17. The van der Waals surface area contributed by atoms with Gasteiger partial charge in [0.25, 0.3) is 0 Å². The Hall–Kier alpha value is -0.980. The van der Waals surface area contributed by atoms with Gasteiger partial charge in [-0.2, -0.15) is 13.2 Å². The molecular weight excluding hydrogens is 331 g/mol. The summed E-state index contributed by atoms with van der Waals surface area (Å²) < 4.78 is 49.5. The second-order valence-electron chi connectivity index (χ2n) is 5.97. The smallest absolute Gasteiger partial charge is 0.371 e. The molecule has 7 heteroatoms. The quantitative estimate of drug-likeness (QED) is 0.781. The van der Waals surface area contributed by atoms with E-state index in [1.165, 1.54) is 0 Å². The van der Waals surface area contributed by atoms with Gasteiger partial charge in [0.2, 0.25) is 0 Å². The predicted octanol–water partition coefficient (Wildman–Crippen LogP) is 4.55. The van der Waals surface area contributed by atoms with Crippen molar-refractivity contribution in [1.82, 2.24) is 0 Å². The van der Waals surface area contributed by atoms with Gasteiger partial charge in [0, 0.05) is 29.4 Å². The zero-order chi connectivity index (χ0) is 16.4. The lowest BCUT2D eigenvalue weighted by Crippen LogP contribution is -2.39. The van der Waals surface area contributed by atoms with Crippen LogP contribution < -0.4 is 4.90 Å². The van der Waals surface area contributed by atoms with Crippen molar-refractivity contribution in [2.45, 2.75) is 31.7 Å². The minimum atomic E-state index is -4.10. The van der Waals surface area contributed by atoms with Gasteiger partial charge in [0.1, 0.15) is 0 Å². The number of piperidine rings is 1. The Morgan fingerprint density at radius 3 is 2.30 bits per heavy atom. The van der Waals surface area contributed by atoms with Gasteiger partial charge in [-0.15, -0.1) is 0 Å². The molecule has 128 valence electrons. The monoisotopic (exact) mass is 349 g/mol. The molecule has 23 heavy (non-hydrogen) atoms. The summed E-state index contributed by atoms with van der Waals surface area (Å²) in [5.41, 5.74) is 1.64. The topological polar surface area (TPSA) is 21.7 Å². The normalized spacial score (nSPS) is 21.7. The number of hydrogen-bond acceptors (Lipinski definition) is 3. The third-order valence-corrected chi connectivity index (χ3v) is 4.55. The first-order valence-corrected chi connectivity index (χ1v) is 8.16. The van der Waals surface area contributed by atoms with Crippen LogP contribution in [0.1, 0.15) is 31.1 Å². The summed E-state index contributed by atoms with van der Waals surface area (Å²) in [7, 11) is 0. The zero-order valence-corrected chi connectivity index (χ0v) is 13.4. The molecule has 0 bridgehead atoms. The molecule has 2 aliphatic rings. The van der Waals surface area contributed by atoms with Gasteiger partial charge in [-0.25, -0.2) is 0 Å². The van der Waals surface area contributed by atoms with Crippen molar-refractivity contribution >= 4 is 17.3 Å². The Morgan fingerprint density at radius 2 is 1.70 bits per heavy atom. The van der Waals surface area contributed by atoms with E-state index in [4.69, 9.17) is 21.1 Å². The molecule has 0 aliphatic carbocycles. The number of hydrogen-bond donors (Lipinski definition) is 0. The summed E-state index contributed by atoms with van der Waals surface area (Å²) in [6.07, 6.45) is -3.47. The molecular formula is C16H19ClF3NO2. The maximum Gasteiger partial charge on any atom is 0.391 e. The number of nitrogens with zero attached hydrogens (tertiary/aromatic N) is 1. The first-order valence-electron chi connectivity index (χ1n) is 7.79. The predicted molar refractivity (Wildman–Crippen MR) is 81.7 cm³/mol. The van der Waals surface area contributed by atoms with Gasteiger partial charge < -0.3 is 14.4 Å². The number of benzene rings is 1. The Morgan fingerprint density at radius 1 is 1.04 bits per heavy atom. The molecule has 1 aromatic carbocycles. The molecule has 0 N–H and O–H groups in total. The maximum absolute atomic E-state index is 12.8. The van der Waals surface area contributed by atoms with E-state index in [1.807, 2.05) is 11.0 Å². The Balaban J connectivity index is 1.72. The third-order valence-electron chi connectivity index (χ3n) is 4.33. The van der Waals surface area contributed by atoms with Crippen molar-refractivity contribution in [3.05, 3.63) is 28.8 Å². The summed E-state index contributed by atoms with van der Waals surface area (Å²) in [5, 5.41) is 0.535. The third kappa shape index (κ3) is 4.11. The van der Waals surface area contributed by atoms with E-state index >= 15 is 0 Å². The molecule has 0 amide bonds. The van der Waals surface area contributed by atoms with Crippen LogP contribution in [0.5, 0.6) is 0 Å². The average Bonchev–Trinajstić information content (AvgIpc) is 2.54. The Kier molecular flexibility index (Phi) is 5.04. The summed E-state index contributed by atoms with van der Waals surface area (Å²) in [5.74, 6) is -1.21. The molecule has 1 aromatic rings. The lowest BCUT2D eigenvalue weighted by molar-refractivity contribution is -0.183. The molecule has 2 aliphatic heterocycles. The molecule has 0 unspecified atom stereocenters. The van der Waals surface area contributed by atoms with Crippen LogP contribution in [0.3, 0.4) is 0 Å². The fourth-order valence-electron chi connectivity index (χ4n) is 3.06. The van der Waals surface area contributed by atoms with Gasteiger partial charge in [-0.05, 0) is 37.5 Å². The van der Waals surface area contributed by atoms with Crippen LogP contribution in [-0.2, 0) is 9.47 Å². The maximum atomic E-state index is 12.8. The van der Waals surface area contributed by atoms with Crippen molar-refractivity contribution in [1.29, 1.82) is 0 Å². The van der Waals surface area contributed by atoms with Crippen LogP contribution in [0.2, 0.25) is 5.02 Å². The van der Waals surface area contributed by atoms with Gasteiger partial charge >= 0.3 is 6.18 Å². The van der Waals surface area contributed by atoms with Gasteiger partial charge in [-0.3, -0.25) is 0 Å². The minimum Gasteiger partial charge on any atom is -0.371 e. The highest BCUT2D eigenvalue weighted by atomic mass is 35.5. The Bertz CT molecular complexity index is 539. The first-order chi connectivity index (χ1) is 10.9. The number of alkyl halides is 3. The highest BCUT2D eigenvalue weighted by Crippen LogP contribution is 2.37. The molecule has 2 saturated heterocycles. The summed E-state index contributed by atoms with van der Waals surface area (Å²) in [6, 6.07) is 5.46. The number of ether oxygens (including phenoxy) is 2. The van der Waals surface area contributed by atoms with E-state index in [0.717, 1.165) is 17.7 Å². The highest BCUT2D eigenvalue weighted by molar-refractivity contribution is 6.30. The number of rotatable bonds is 2. The van der Waals surface area contributed by atoms with Gasteiger partial charge in [0.15, 0.2) is 6.29 Å². The molecule has 0 atom stereocenters. The van der Waals surface area contributed by atoms with Crippen molar-refractivity contribution in [3.8, 4) is 0 Å². The number of halogens is 4. The molecule has 2 heterocycles. The molecule has 0 aromatic heterocycles. The van der Waals surface area contributed by atoms with E-state index in [1.54, 1.807) is 12.1 Å². The van der Waals surface area contributed by atoms with E-state index in [-0.39, 0.29) is 12.8 Å². The highest BCUT2D eigenvalue weighted by Gasteiger charge is 2.41. The summed E-state index contributed by atoms with van der Waals surface area (Å²) in [4.78, 5) is 1.94. The molecule has 3 nitrogen and oxygen atoms in total. The van der Waals surface area contributed by atoms with Crippen LogP contribution in [0.4, 0.5) is 18.9 Å². The van der Waals surface area contributed by atoms with Gasteiger partial charge in [-0.1, -0.05) is 11.6 Å². The van der Waals surface area contributed by atoms with Crippen molar-refractivity contribution in [2.24, 2.45) is 5.92 Å². The fraction of sp³-hybridized carbons (Fsp3) is 0.625. The standard InChI is InChI=1S/C16H19ClF3NO2/c17-13-8-11(15-22-6-1-7-23-15)9-14(10-13)21-4-2-12(3-5-21)16(18,19)20/h8-10,12,15H,1-7H2. The van der Waals surface area contributed by atoms with Crippen molar-refractivity contribution in [2.75, 3.05) is 31.2 Å². The van der Waals surface area contributed by atoms with Gasteiger partial charge in [0.05, 0.1) is 19.1 Å². The van der Waals surface area contributed by atoms with E-state index in [9.17, 15) is 13.2 Å². The molecule has 0 radical (unpaired) electrons. The second kappa shape index (κ2) is 6.87. The Labute approximate surface area is 138 Å². The first kappa shape index (κ1) is 16.9. The molecule has 2 fully saturated rings. The van der Waals surface area contributed by atoms with Crippen LogP contribution >= 0.6 is 11.6 Å². The van der Waals surface area contributed by atoms with Crippen LogP contribution in [0.15, 0.2) is 18.2 Å². The van der Waals surface area contributed by atoms with Crippen molar-refractivity contribution in [3.63, 3.8) is 0 Å². The minimum absolute atomic E-state index is 0.113.